The zero-order valence-corrected chi connectivity index (χ0v) is 12.7. The quantitative estimate of drug-likeness (QED) is 0.851. The molecule has 0 aromatic heterocycles. The standard InChI is InChI=1S/C18H17NO4/c1-11(17(20)21)19-18(22)23-10-16-14-8-4-2-6-12(14)13-7-3-5-9-15(13)16/h2-9,11,16H,10H2,1H3,(H,19,22)(H,20,21)/t11-/m0/s1/i1+1. The maximum atomic E-state index is 11.7. The normalized spacial score (nSPS) is 13.8. The first-order valence-corrected chi connectivity index (χ1v) is 7.42. The first kappa shape index (κ1) is 15.1. The van der Waals surface area contributed by atoms with Gasteiger partial charge < -0.3 is 15.2 Å². The van der Waals surface area contributed by atoms with Crippen molar-refractivity contribution < 1.29 is 19.4 Å². The summed E-state index contributed by atoms with van der Waals surface area (Å²) in [5.41, 5.74) is 4.53. The molecule has 0 fully saturated rings. The molecule has 23 heavy (non-hydrogen) atoms. The molecule has 1 aliphatic rings. The van der Waals surface area contributed by atoms with Crippen molar-refractivity contribution in [3.63, 3.8) is 0 Å². The molecular weight excluding hydrogens is 295 g/mol. The Morgan fingerprint density at radius 1 is 1.09 bits per heavy atom. The lowest BCUT2D eigenvalue weighted by atomic mass is 9.98. The molecule has 5 nitrogen and oxygen atoms in total. The number of nitrogens with one attached hydrogen (secondary N) is 1. The van der Waals surface area contributed by atoms with Crippen molar-refractivity contribution in [2.24, 2.45) is 0 Å². The number of benzene rings is 2. The van der Waals surface area contributed by atoms with Gasteiger partial charge in [0.15, 0.2) is 0 Å². The number of amides is 1. The summed E-state index contributed by atoms with van der Waals surface area (Å²) in [5.74, 6) is -1.13. The molecule has 0 aliphatic heterocycles. The van der Waals surface area contributed by atoms with Gasteiger partial charge in [-0.25, -0.2) is 4.79 Å². The van der Waals surface area contributed by atoms with Gasteiger partial charge in [0.1, 0.15) is 12.6 Å². The van der Waals surface area contributed by atoms with Crippen molar-refractivity contribution in [1.29, 1.82) is 0 Å². The van der Waals surface area contributed by atoms with E-state index in [1.54, 1.807) is 0 Å². The van der Waals surface area contributed by atoms with E-state index in [0.29, 0.717) is 0 Å². The van der Waals surface area contributed by atoms with Gasteiger partial charge in [0.05, 0.1) is 0 Å². The van der Waals surface area contributed by atoms with Crippen molar-refractivity contribution >= 4 is 12.1 Å². The molecule has 0 spiro atoms. The van der Waals surface area contributed by atoms with Crippen LogP contribution in [0.2, 0.25) is 0 Å². The van der Waals surface area contributed by atoms with Crippen molar-refractivity contribution in [2.75, 3.05) is 6.61 Å². The Hall–Kier alpha value is -2.82. The molecule has 5 heteroatoms. The van der Waals surface area contributed by atoms with Crippen LogP contribution in [0, 0.1) is 0 Å². The van der Waals surface area contributed by atoms with Crippen LogP contribution in [0.1, 0.15) is 24.0 Å². The third-order valence-corrected chi connectivity index (χ3v) is 4.05. The highest BCUT2D eigenvalue weighted by Gasteiger charge is 2.29. The topological polar surface area (TPSA) is 75.6 Å². The van der Waals surface area contributed by atoms with Crippen LogP contribution in [-0.4, -0.2) is 29.8 Å². The lowest BCUT2D eigenvalue weighted by Crippen LogP contribution is -2.39. The SMILES string of the molecule is [13CH3][C@H](NC(=O)OCC1c2ccccc2-c2ccccc21)C(=O)O. The first-order chi connectivity index (χ1) is 11.1. The number of aliphatic carboxylic acids is 1. The van der Waals surface area contributed by atoms with Crippen LogP contribution in [-0.2, 0) is 9.53 Å². The van der Waals surface area contributed by atoms with E-state index >= 15 is 0 Å². The number of hydrogen-bond acceptors (Lipinski definition) is 3. The maximum absolute atomic E-state index is 11.7. The molecule has 1 atom stereocenters. The van der Waals surface area contributed by atoms with Crippen LogP contribution >= 0.6 is 0 Å². The number of carboxylic acid groups (broad SMARTS) is 1. The minimum absolute atomic E-state index is 0.0340. The van der Waals surface area contributed by atoms with Crippen molar-refractivity contribution in [1.82, 2.24) is 5.32 Å². The summed E-state index contributed by atoms with van der Waals surface area (Å²) in [5, 5.41) is 11.1. The molecule has 2 N–H and O–H groups in total. The summed E-state index contributed by atoms with van der Waals surface area (Å²) in [4.78, 5) is 22.5. The summed E-state index contributed by atoms with van der Waals surface area (Å²) in [6, 6.07) is 15.1. The van der Waals surface area contributed by atoms with Gasteiger partial charge in [-0.05, 0) is 29.2 Å². The fraction of sp³-hybridized carbons (Fsp3) is 0.222. The van der Waals surface area contributed by atoms with E-state index in [-0.39, 0.29) is 12.5 Å². The molecule has 1 aliphatic carbocycles. The zero-order valence-electron chi connectivity index (χ0n) is 12.7. The largest absolute Gasteiger partial charge is 0.480 e. The highest BCUT2D eigenvalue weighted by Crippen LogP contribution is 2.44. The Kier molecular flexibility index (Phi) is 4.02. The van der Waals surface area contributed by atoms with Gasteiger partial charge in [-0.1, -0.05) is 48.5 Å². The van der Waals surface area contributed by atoms with Gasteiger partial charge in [0.2, 0.25) is 0 Å². The molecule has 2 aromatic rings. The summed E-state index contributed by atoms with van der Waals surface area (Å²) in [6.45, 7) is 1.57. The number of ether oxygens (including phenoxy) is 1. The molecule has 0 heterocycles. The molecular formula is C18H17NO4. The Morgan fingerprint density at radius 3 is 2.13 bits per heavy atom. The van der Waals surface area contributed by atoms with Crippen LogP contribution in [0.5, 0.6) is 0 Å². The molecule has 1 amide bonds. The van der Waals surface area contributed by atoms with Crippen molar-refractivity contribution in [2.45, 2.75) is 18.9 Å². The predicted octanol–water partition coefficient (Wildman–Crippen LogP) is 3.00. The van der Waals surface area contributed by atoms with Gasteiger partial charge >= 0.3 is 12.1 Å². The average molecular weight is 312 g/mol. The Balaban J connectivity index is 1.76. The minimum atomic E-state index is -1.10. The van der Waals surface area contributed by atoms with Crippen LogP contribution < -0.4 is 5.32 Å². The van der Waals surface area contributed by atoms with E-state index in [4.69, 9.17) is 9.84 Å². The lowest BCUT2D eigenvalue weighted by Gasteiger charge is -2.15. The molecule has 0 saturated heterocycles. The molecule has 118 valence electrons. The van der Waals surface area contributed by atoms with Crippen LogP contribution in [0.25, 0.3) is 11.1 Å². The number of fused-ring (bicyclic) bond motifs is 3. The van der Waals surface area contributed by atoms with Gasteiger partial charge in [-0.3, -0.25) is 4.79 Å². The van der Waals surface area contributed by atoms with Crippen LogP contribution in [0.15, 0.2) is 48.5 Å². The monoisotopic (exact) mass is 312 g/mol. The summed E-state index contributed by atoms with van der Waals surface area (Å²) in [7, 11) is 0. The van der Waals surface area contributed by atoms with Crippen LogP contribution in [0.4, 0.5) is 4.79 Å². The molecule has 0 saturated carbocycles. The number of rotatable bonds is 4. The molecule has 0 bridgehead atoms. The molecule has 0 unspecified atom stereocenters. The highest BCUT2D eigenvalue weighted by molar-refractivity contribution is 5.80. The third kappa shape index (κ3) is 2.90. The summed E-state index contributed by atoms with van der Waals surface area (Å²) < 4.78 is 5.25. The van der Waals surface area contributed by atoms with E-state index in [1.807, 2.05) is 36.4 Å². The lowest BCUT2D eigenvalue weighted by molar-refractivity contribution is -0.138. The molecule has 0 radical (unpaired) electrons. The van der Waals surface area contributed by atoms with E-state index in [9.17, 15) is 9.59 Å². The Bertz CT molecular complexity index is 711. The highest BCUT2D eigenvalue weighted by atomic mass is 16.5. The zero-order chi connectivity index (χ0) is 16.4. The summed E-state index contributed by atoms with van der Waals surface area (Å²) >= 11 is 0. The van der Waals surface area contributed by atoms with E-state index in [0.717, 1.165) is 22.3 Å². The molecule has 3 rings (SSSR count). The maximum Gasteiger partial charge on any atom is 0.407 e. The van der Waals surface area contributed by atoms with Crippen LogP contribution in [0.3, 0.4) is 0 Å². The number of hydrogen-bond donors (Lipinski definition) is 2. The van der Waals surface area contributed by atoms with Crippen molar-refractivity contribution in [3.8, 4) is 11.1 Å². The molecule has 2 aromatic carbocycles. The average Bonchev–Trinajstić information content (AvgIpc) is 2.87. The number of carbonyl (C=O) groups is 2. The predicted molar refractivity (Wildman–Crippen MR) is 85.3 cm³/mol. The van der Waals surface area contributed by atoms with E-state index < -0.39 is 18.1 Å². The second-order valence-electron chi connectivity index (χ2n) is 5.53. The number of alkyl carbamates (subject to hydrolysis) is 1. The van der Waals surface area contributed by atoms with Gasteiger partial charge in [0.25, 0.3) is 0 Å². The summed E-state index contributed by atoms with van der Waals surface area (Å²) in [6.07, 6.45) is -0.721. The van der Waals surface area contributed by atoms with E-state index in [1.165, 1.54) is 6.92 Å². The van der Waals surface area contributed by atoms with E-state index in [2.05, 4.69) is 17.4 Å². The third-order valence-electron chi connectivity index (χ3n) is 4.05. The fourth-order valence-electron chi connectivity index (χ4n) is 2.88. The fourth-order valence-corrected chi connectivity index (χ4v) is 2.88. The Morgan fingerprint density at radius 2 is 1.61 bits per heavy atom. The smallest absolute Gasteiger partial charge is 0.407 e. The second-order valence-corrected chi connectivity index (χ2v) is 5.53. The van der Waals surface area contributed by atoms with Crippen molar-refractivity contribution in [3.05, 3.63) is 59.7 Å². The van der Waals surface area contributed by atoms with Gasteiger partial charge in [-0.2, -0.15) is 0 Å². The number of carboxylic acids is 1. The van der Waals surface area contributed by atoms with Gasteiger partial charge in [-0.15, -0.1) is 0 Å². The minimum Gasteiger partial charge on any atom is -0.480 e. The Labute approximate surface area is 133 Å². The second kappa shape index (κ2) is 6.12. The first-order valence-electron chi connectivity index (χ1n) is 7.42. The van der Waals surface area contributed by atoms with Gasteiger partial charge in [0, 0.05) is 5.92 Å². The number of carbonyl (C=O) groups excluding carboxylic acids is 1.